The molecule has 2 aromatic rings. The van der Waals surface area contributed by atoms with Crippen LogP contribution in [0.25, 0.3) is 6.08 Å². The minimum atomic E-state index is -0.799. The Morgan fingerprint density at radius 2 is 1.97 bits per heavy atom. The van der Waals surface area contributed by atoms with E-state index in [-0.39, 0.29) is 0 Å². The number of terminal acetylenes is 1. The van der Waals surface area contributed by atoms with E-state index in [9.17, 15) is 9.90 Å². The molecule has 0 heterocycles. The summed E-state index contributed by atoms with van der Waals surface area (Å²) in [6.45, 7) is 4.33. The van der Waals surface area contributed by atoms with Gasteiger partial charge in [-0.1, -0.05) is 81.0 Å². The number of carboxylic acids is 1. The smallest absolute Gasteiger partial charge is 0.308 e. The van der Waals surface area contributed by atoms with Crippen LogP contribution in [-0.4, -0.2) is 24.7 Å². The first-order valence-electron chi connectivity index (χ1n) is 11.3. The molecule has 0 spiro atoms. The molecule has 3 rings (SSSR count). The van der Waals surface area contributed by atoms with E-state index < -0.39 is 11.9 Å². The fourth-order valence-corrected chi connectivity index (χ4v) is 4.70. The molecule has 162 valence electrons. The fourth-order valence-electron chi connectivity index (χ4n) is 4.70. The van der Waals surface area contributed by atoms with E-state index >= 15 is 0 Å². The number of hydrogen-bond donors (Lipinski definition) is 1. The maximum absolute atomic E-state index is 12.1. The molecule has 1 aliphatic rings. The molecule has 1 N–H and O–H groups in total. The maximum Gasteiger partial charge on any atom is 0.308 e. The summed E-state index contributed by atoms with van der Waals surface area (Å²) in [5.41, 5.74) is 5.14. The van der Waals surface area contributed by atoms with Crippen LogP contribution in [0.2, 0.25) is 0 Å². The average Bonchev–Trinajstić information content (AvgIpc) is 2.79. The van der Waals surface area contributed by atoms with Gasteiger partial charge >= 0.3 is 5.97 Å². The molecule has 0 amide bonds. The summed E-state index contributed by atoms with van der Waals surface area (Å²) in [5.74, 6) is 2.05. The van der Waals surface area contributed by atoms with E-state index in [0.29, 0.717) is 18.9 Å². The van der Waals surface area contributed by atoms with Gasteiger partial charge in [0.15, 0.2) is 0 Å². The highest BCUT2D eigenvalue weighted by Crippen LogP contribution is 2.32. The number of carbonyl (C=O) groups is 1. The van der Waals surface area contributed by atoms with Crippen molar-refractivity contribution in [3.05, 3.63) is 71.3 Å². The minimum Gasteiger partial charge on any atom is -0.481 e. The second kappa shape index (κ2) is 10.9. The Morgan fingerprint density at radius 1 is 1.23 bits per heavy atom. The summed E-state index contributed by atoms with van der Waals surface area (Å²) >= 11 is 0. The van der Waals surface area contributed by atoms with E-state index in [1.807, 2.05) is 37.4 Å². The first-order chi connectivity index (χ1) is 15.0. The Kier molecular flexibility index (Phi) is 7.95. The maximum atomic E-state index is 12.1. The second-order valence-electron chi connectivity index (χ2n) is 8.72. The SMILES string of the molecule is C#Cc1ccccc1CC(CN(C)c1cc(C=C)ccc1CC1CCCCC1)C(=O)O. The molecule has 3 nitrogen and oxygen atoms in total. The van der Waals surface area contributed by atoms with Gasteiger partial charge < -0.3 is 10.0 Å². The van der Waals surface area contributed by atoms with Crippen molar-refractivity contribution in [1.82, 2.24) is 0 Å². The molecule has 0 bridgehead atoms. The number of hydrogen-bond acceptors (Lipinski definition) is 2. The van der Waals surface area contributed by atoms with Gasteiger partial charge in [-0.05, 0) is 47.6 Å². The summed E-state index contributed by atoms with van der Waals surface area (Å²) in [6, 6.07) is 14.0. The molecule has 1 atom stereocenters. The zero-order valence-corrected chi connectivity index (χ0v) is 18.5. The number of carboxylic acid groups (broad SMARTS) is 1. The van der Waals surface area contributed by atoms with Crippen LogP contribution in [0.4, 0.5) is 5.69 Å². The third-order valence-corrected chi connectivity index (χ3v) is 6.47. The molecule has 3 heteroatoms. The van der Waals surface area contributed by atoms with E-state index in [1.165, 1.54) is 37.7 Å². The monoisotopic (exact) mass is 415 g/mol. The highest BCUT2D eigenvalue weighted by Gasteiger charge is 2.23. The summed E-state index contributed by atoms with van der Waals surface area (Å²) < 4.78 is 0. The molecule has 0 aromatic heterocycles. The summed E-state index contributed by atoms with van der Waals surface area (Å²) in [4.78, 5) is 14.2. The molecule has 1 aliphatic carbocycles. The van der Waals surface area contributed by atoms with E-state index in [1.54, 1.807) is 0 Å². The van der Waals surface area contributed by atoms with Gasteiger partial charge in [0, 0.05) is 24.8 Å². The molecule has 0 saturated heterocycles. The lowest BCUT2D eigenvalue weighted by Crippen LogP contribution is -2.32. The van der Waals surface area contributed by atoms with Gasteiger partial charge in [0.05, 0.1) is 5.92 Å². The third kappa shape index (κ3) is 6.01. The van der Waals surface area contributed by atoms with Crippen molar-refractivity contribution in [1.29, 1.82) is 0 Å². The van der Waals surface area contributed by atoms with Crippen LogP contribution in [0, 0.1) is 24.2 Å². The Morgan fingerprint density at radius 3 is 2.65 bits per heavy atom. The van der Waals surface area contributed by atoms with Crippen molar-refractivity contribution >= 4 is 17.7 Å². The van der Waals surface area contributed by atoms with Gasteiger partial charge in [0.1, 0.15) is 0 Å². The number of nitrogens with zero attached hydrogens (tertiary/aromatic N) is 1. The standard InChI is InChI=1S/C28H33NO2/c1-4-21-15-16-25(17-22-11-7-6-8-12-22)27(18-21)29(3)20-26(28(30)31)19-24-14-10-9-13-23(24)5-2/h2,4,9-10,13-16,18,22,26H,1,6-8,11-12,17,19-20H2,3H3,(H,30,31). The highest BCUT2D eigenvalue weighted by atomic mass is 16.4. The third-order valence-electron chi connectivity index (χ3n) is 6.47. The average molecular weight is 416 g/mol. The molecule has 1 saturated carbocycles. The first-order valence-corrected chi connectivity index (χ1v) is 11.3. The van der Waals surface area contributed by atoms with Crippen molar-refractivity contribution in [2.45, 2.75) is 44.9 Å². The quantitative estimate of drug-likeness (QED) is 0.525. The van der Waals surface area contributed by atoms with Gasteiger partial charge in [-0.15, -0.1) is 6.42 Å². The van der Waals surface area contributed by atoms with Crippen LogP contribution < -0.4 is 4.90 Å². The molecule has 0 aliphatic heterocycles. The molecule has 31 heavy (non-hydrogen) atoms. The molecule has 1 fully saturated rings. The van der Waals surface area contributed by atoms with Gasteiger partial charge in [-0.25, -0.2) is 0 Å². The molecule has 1 unspecified atom stereocenters. The van der Waals surface area contributed by atoms with Crippen LogP contribution >= 0.6 is 0 Å². The van der Waals surface area contributed by atoms with Crippen molar-refractivity contribution in [3.8, 4) is 12.3 Å². The summed E-state index contributed by atoms with van der Waals surface area (Å²) in [6.07, 6.45) is 15.5. The van der Waals surface area contributed by atoms with E-state index in [4.69, 9.17) is 6.42 Å². The van der Waals surface area contributed by atoms with Gasteiger partial charge in [-0.3, -0.25) is 4.79 Å². The Labute approximate surface area is 186 Å². The number of benzene rings is 2. The van der Waals surface area contributed by atoms with Crippen molar-refractivity contribution < 1.29 is 9.90 Å². The van der Waals surface area contributed by atoms with E-state index in [2.05, 4.69) is 35.6 Å². The molecular weight excluding hydrogens is 382 g/mol. The van der Waals surface area contributed by atoms with E-state index in [0.717, 1.165) is 28.8 Å². The lowest BCUT2D eigenvalue weighted by Gasteiger charge is -2.29. The van der Waals surface area contributed by atoms with Gasteiger partial charge in [-0.2, -0.15) is 0 Å². The number of aliphatic carboxylic acids is 1. The van der Waals surface area contributed by atoms with Crippen LogP contribution in [-0.2, 0) is 17.6 Å². The predicted molar refractivity (Wildman–Crippen MR) is 129 cm³/mol. The lowest BCUT2D eigenvalue weighted by molar-refractivity contribution is -0.141. The second-order valence-corrected chi connectivity index (χ2v) is 8.72. The zero-order valence-electron chi connectivity index (χ0n) is 18.5. The van der Waals surface area contributed by atoms with Crippen molar-refractivity contribution in [3.63, 3.8) is 0 Å². The molecular formula is C28H33NO2. The summed E-state index contributed by atoms with van der Waals surface area (Å²) in [7, 11) is 2.00. The van der Waals surface area contributed by atoms with Crippen molar-refractivity contribution in [2.75, 3.05) is 18.5 Å². The normalized spacial score (nSPS) is 15.1. The van der Waals surface area contributed by atoms with Gasteiger partial charge in [0.25, 0.3) is 0 Å². The van der Waals surface area contributed by atoms with Crippen molar-refractivity contribution in [2.24, 2.45) is 11.8 Å². The lowest BCUT2D eigenvalue weighted by atomic mass is 9.84. The van der Waals surface area contributed by atoms with Crippen LogP contribution in [0.15, 0.2) is 49.0 Å². The van der Waals surface area contributed by atoms with Gasteiger partial charge in [0.2, 0.25) is 0 Å². The topological polar surface area (TPSA) is 40.5 Å². The molecule has 2 aromatic carbocycles. The fraction of sp³-hybridized carbons (Fsp3) is 0.393. The Hall–Kier alpha value is -2.99. The highest BCUT2D eigenvalue weighted by molar-refractivity contribution is 5.72. The predicted octanol–water partition coefficient (Wildman–Crippen LogP) is 5.81. The zero-order chi connectivity index (χ0) is 22.2. The first kappa shape index (κ1) is 22.7. The summed E-state index contributed by atoms with van der Waals surface area (Å²) in [5, 5.41) is 9.93. The van der Waals surface area contributed by atoms with Crippen LogP contribution in [0.5, 0.6) is 0 Å². The number of anilines is 1. The number of rotatable bonds is 9. The largest absolute Gasteiger partial charge is 0.481 e. The van der Waals surface area contributed by atoms with Crippen LogP contribution in [0.1, 0.15) is 54.4 Å². The Bertz CT molecular complexity index is 950. The van der Waals surface area contributed by atoms with Crippen LogP contribution in [0.3, 0.4) is 0 Å². The molecule has 0 radical (unpaired) electrons. The Balaban J connectivity index is 1.82. The minimum absolute atomic E-state index is 0.416.